The summed E-state index contributed by atoms with van der Waals surface area (Å²) in [5.74, 6) is 0.964. The van der Waals surface area contributed by atoms with Crippen LogP contribution in [0.2, 0.25) is 0 Å². The van der Waals surface area contributed by atoms with Crippen LogP contribution in [0.3, 0.4) is 0 Å². The average molecular weight is 212 g/mol. The second kappa shape index (κ2) is 3.48. The van der Waals surface area contributed by atoms with Crippen molar-refractivity contribution in [2.45, 2.75) is 13.5 Å². The van der Waals surface area contributed by atoms with Gasteiger partial charge in [0.1, 0.15) is 6.33 Å². The van der Waals surface area contributed by atoms with Crippen LogP contribution in [-0.4, -0.2) is 14.8 Å². The van der Waals surface area contributed by atoms with Gasteiger partial charge in [0.25, 0.3) is 0 Å². The summed E-state index contributed by atoms with van der Waals surface area (Å²) in [6.45, 7) is 2.88. The standard InChI is InChI=1S/C12H12N4/c1-10-4-2-3-5-11(10)15-6-7-16-9-13-14-12(16)8-15/h2-7,9H,8H2,1H3. The fourth-order valence-electron chi connectivity index (χ4n) is 1.91. The van der Waals surface area contributed by atoms with Gasteiger partial charge in [-0.1, -0.05) is 18.2 Å². The van der Waals surface area contributed by atoms with E-state index in [0.717, 1.165) is 12.4 Å². The molecule has 1 aromatic heterocycles. The molecule has 2 aromatic rings. The first-order valence-electron chi connectivity index (χ1n) is 5.23. The summed E-state index contributed by atoms with van der Waals surface area (Å²) in [7, 11) is 0. The number of hydrogen-bond acceptors (Lipinski definition) is 3. The second-order valence-corrected chi connectivity index (χ2v) is 3.87. The highest BCUT2D eigenvalue weighted by Gasteiger charge is 2.14. The molecule has 0 spiro atoms. The van der Waals surface area contributed by atoms with Gasteiger partial charge in [-0.05, 0) is 18.6 Å². The monoisotopic (exact) mass is 212 g/mol. The summed E-state index contributed by atoms with van der Waals surface area (Å²) in [5, 5.41) is 7.97. The Labute approximate surface area is 93.8 Å². The first-order valence-corrected chi connectivity index (χ1v) is 5.23. The van der Waals surface area contributed by atoms with E-state index in [-0.39, 0.29) is 0 Å². The molecule has 2 heterocycles. The van der Waals surface area contributed by atoms with E-state index in [1.807, 2.05) is 10.8 Å². The van der Waals surface area contributed by atoms with Gasteiger partial charge in [0.15, 0.2) is 5.82 Å². The number of fused-ring (bicyclic) bond motifs is 1. The van der Waals surface area contributed by atoms with Crippen LogP contribution in [0.1, 0.15) is 11.4 Å². The van der Waals surface area contributed by atoms with Crippen molar-refractivity contribution in [3.8, 4) is 0 Å². The largest absolute Gasteiger partial charge is 0.339 e. The summed E-state index contributed by atoms with van der Waals surface area (Å²) in [6.07, 6.45) is 5.75. The first kappa shape index (κ1) is 9.15. The lowest BCUT2D eigenvalue weighted by atomic mass is 10.2. The Balaban J connectivity index is 1.97. The molecule has 0 bridgehead atoms. The Morgan fingerprint density at radius 3 is 2.94 bits per heavy atom. The number of rotatable bonds is 1. The minimum Gasteiger partial charge on any atom is -0.339 e. The topological polar surface area (TPSA) is 34.0 Å². The van der Waals surface area contributed by atoms with Crippen LogP contribution in [0.4, 0.5) is 5.69 Å². The predicted molar refractivity (Wildman–Crippen MR) is 62.7 cm³/mol. The lowest BCUT2D eigenvalue weighted by Crippen LogP contribution is -2.22. The Morgan fingerprint density at radius 1 is 1.19 bits per heavy atom. The van der Waals surface area contributed by atoms with E-state index in [2.05, 4.69) is 52.5 Å². The number of nitrogens with zero attached hydrogens (tertiary/aromatic N) is 4. The van der Waals surface area contributed by atoms with Gasteiger partial charge in [-0.2, -0.15) is 0 Å². The van der Waals surface area contributed by atoms with Crippen molar-refractivity contribution >= 4 is 11.9 Å². The Morgan fingerprint density at radius 2 is 2.06 bits per heavy atom. The van der Waals surface area contributed by atoms with E-state index in [0.29, 0.717) is 0 Å². The Kier molecular flexibility index (Phi) is 1.99. The Hall–Kier alpha value is -2.10. The zero-order valence-corrected chi connectivity index (χ0v) is 9.04. The van der Waals surface area contributed by atoms with Gasteiger partial charge < -0.3 is 4.90 Å². The highest BCUT2D eigenvalue weighted by molar-refractivity contribution is 5.58. The first-order chi connectivity index (χ1) is 7.84. The van der Waals surface area contributed by atoms with Gasteiger partial charge >= 0.3 is 0 Å². The lowest BCUT2D eigenvalue weighted by Gasteiger charge is -2.24. The lowest BCUT2D eigenvalue weighted by molar-refractivity contribution is 0.816. The molecule has 0 saturated heterocycles. The van der Waals surface area contributed by atoms with Crippen LogP contribution in [0.25, 0.3) is 6.20 Å². The molecule has 80 valence electrons. The molecule has 4 heteroatoms. The normalized spacial score (nSPS) is 13.9. The molecule has 1 aliphatic rings. The number of para-hydroxylation sites is 1. The maximum absolute atomic E-state index is 4.08. The van der Waals surface area contributed by atoms with E-state index in [1.165, 1.54) is 11.3 Å². The predicted octanol–water partition coefficient (Wildman–Crippen LogP) is 2.03. The van der Waals surface area contributed by atoms with E-state index in [4.69, 9.17) is 0 Å². The summed E-state index contributed by atoms with van der Waals surface area (Å²) < 4.78 is 1.94. The molecule has 1 aliphatic heterocycles. The molecule has 3 rings (SSSR count). The number of aryl methyl sites for hydroxylation is 1. The van der Waals surface area contributed by atoms with Gasteiger partial charge in [0.2, 0.25) is 0 Å². The van der Waals surface area contributed by atoms with Crippen molar-refractivity contribution in [1.82, 2.24) is 14.8 Å². The maximum atomic E-state index is 4.08. The van der Waals surface area contributed by atoms with Crippen molar-refractivity contribution in [2.75, 3.05) is 4.90 Å². The summed E-state index contributed by atoms with van der Waals surface area (Å²) in [5.41, 5.74) is 2.48. The van der Waals surface area contributed by atoms with E-state index in [1.54, 1.807) is 6.33 Å². The molecule has 4 nitrogen and oxygen atoms in total. The number of aromatic nitrogens is 3. The van der Waals surface area contributed by atoms with Crippen molar-refractivity contribution < 1.29 is 0 Å². The molecule has 0 unspecified atom stereocenters. The number of hydrogen-bond donors (Lipinski definition) is 0. The van der Waals surface area contributed by atoms with Gasteiger partial charge in [-0.3, -0.25) is 4.57 Å². The van der Waals surface area contributed by atoms with Gasteiger partial charge in [-0.15, -0.1) is 10.2 Å². The molecule has 0 atom stereocenters. The number of benzene rings is 1. The quantitative estimate of drug-likeness (QED) is 0.725. The van der Waals surface area contributed by atoms with Crippen molar-refractivity contribution in [3.63, 3.8) is 0 Å². The van der Waals surface area contributed by atoms with Crippen molar-refractivity contribution in [2.24, 2.45) is 0 Å². The van der Waals surface area contributed by atoms with Crippen LogP contribution in [-0.2, 0) is 6.54 Å². The summed E-state index contributed by atoms with van der Waals surface area (Å²) in [4.78, 5) is 2.18. The van der Waals surface area contributed by atoms with Crippen LogP contribution in [0.15, 0.2) is 36.8 Å². The second-order valence-electron chi connectivity index (χ2n) is 3.87. The molecule has 16 heavy (non-hydrogen) atoms. The van der Waals surface area contributed by atoms with Crippen LogP contribution >= 0.6 is 0 Å². The third-order valence-electron chi connectivity index (χ3n) is 2.79. The molecule has 0 saturated carbocycles. The molecular weight excluding hydrogens is 200 g/mol. The van der Waals surface area contributed by atoms with Crippen LogP contribution < -0.4 is 4.90 Å². The average Bonchev–Trinajstić information content (AvgIpc) is 2.76. The molecule has 1 aromatic carbocycles. The summed E-state index contributed by atoms with van der Waals surface area (Å²) in [6, 6.07) is 8.33. The highest BCUT2D eigenvalue weighted by atomic mass is 15.3. The SMILES string of the molecule is Cc1ccccc1N1C=Cn2cnnc2C1. The zero-order valence-electron chi connectivity index (χ0n) is 9.04. The number of anilines is 1. The minimum absolute atomic E-state index is 0.765. The zero-order chi connectivity index (χ0) is 11.0. The van der Waals surface area contributed by atoms with Crippen molar-refractivity contribution in [1.29, 1.82) is 0 Å². The smallest absolute Gasteiger partial charge is 0.156 e. The molecule has 0 fully saturated rings. The van der Waals surface area contributed by atoms with E-state index < -0.39 is 0 Å². The molecule has 0 aliphatic carbocycles. The van der Waals surface area contributed by atoms with Gasteiger partial charge in [-0.25, -0.2) is 0 Å². The molecular formula is C12H12N4. The van der Waals surface area contributed by atoms with Crippen LogP contribution in [0.5, 0.6) is 0 Å². The van der Waals surface area contributed by atoms with Crippen LogP contribution in [0, 0.1) is 6.92 Å². The van der Waals surface area contributed by atoms with E-state index >= 15 is 0 Å². The third-order valence-corrected chi connectivity index (χ3v) is 2.79. The van der Waals surface area contributed by atoms with Gasteiger partial charge in [0.05, 0.1) is 6.54 Å². The highest BCUT2D eigenvalue weighted by Crippen LogP contribution is 2.23. The maximum Gasteiger partial charge on any atom is 0.156 e. The van der Waals surface area contributed by atoms with Gasteiger partial charge in [0, 0.05) is 18.1 Å². The molecule has 0 radical (unpaired) electrons. The minimum atomic E-state index is 0.765. The fourth-order valence-corrected chi connectivity index (χ4v) is 1.91. The molecule has 0 N–H and O–H groups in total. The summed E-state index contributed by atoms with van der Waals surface area (Å²) >= 11 is 0. The Bertz CT molecular complexity index is 541. The fraction of sp³-hybridized carbons (Fsp3) is 0.167. The van der Waals surface area contributed by atoms with Crippen molar-refractivity contribution in [3.05, 3.63) is 48.2 Å². The van der Waals surface area contributed by atoms with E-state index in [9.17, 15) is 0 Å². The third kappa shape index (κ3) is 1.39. The molecule has 0 amide bonds.